The lowest BCUT2D eigenvalue weighted by Crippen LogP contribution is -2.26. The standard InChI is InChI=1S/C16H13F4N5O2/c17-12-8-10(13-23-15(27-24-13)16(18,19)20)2-3-11(12)14(26)22-4-1-6-25-7-5-21-9-25/h2-3,5,7-9H,1,4,6H2,(H,22,26). The van der Waals surface area contributed by atoms with Gasteiger partial charge in [0.15, 0.2) is 0 Å². The molecule has 7 nitrogen and oxygen atoms in total. The number of nitrogens with one attached hydrogen (secondary N) is 1. The summed E-state index contributed by atoms with van der Waals surface area (Å²) in [6.45, 7) is 0.957. The van der Waals surface area contributed by atoms with Gasteiger partial charge in [-0.2, -0.15) is 18.2 Å². The van der Waals surface area contributed by atoms with Crippen molar-refractivity contribution in [3.05, 3.63) is 54.2 Å². The summed E-state index contributed by atoms with van der Waals surface area (Å²) in [6.07, 6.45) is 0.882. The van der Waals surface area contributed by atoms with Gasteiger partial charge in [0.2, 0.25) is 5.82 Å². The zero-order valence-electron chi connectivity index (χ0n) is 13.7. The molecule has 0 spiro atoms. The second-order valence-electron chi connectivity index (χ2n) is 5.53. The van der Waals surface area contributed by atoms with Gasteiger partial charge in [-0.05, 0) is 18.6 Å². The third-order valence-corrected chi connectivity index (χ3v) is 3.58. The lowest BCUT2D eigenvalue weighted by Gasteiger charge is -2.07. The fourth-order valence-electron chi connectivity index (χ4n) is 2.27. The Kier molecular flexibility index (Phi) is 5.19. The number of hydrogen-bond acceptors (Lipinski definition) is 5. The van der Waals surface area contributed by atoms with Crippen molar-refractivity contribution >= 4 is 5.91 Å². The molecule has 2 aromatic heterocycles. The molecule has 0 aliphatic rings. The van der Waals surface area contributed by atoms with E-state index in [0.29, 0.717) is 19.5 Å². The van der Waals surface area contributed by atoms with Crippen molar-refractivity contribution in [1.29, 1.82) is 0 Å². The zero-order valence-corrected chi connectivity index (χ0v) is 13.7. The maximum absolute atomic E-state index is 14.2. The number of imidazole rings is 1. The summed E-state index contributed by atoms with van der Waals surface area (Å²) in [4.78, 5) is 19.1. The van der Waals surface area contributed by atoms with Crippen LogP contribution in [-0.4, -0.2) is 32.1 Å². The highest BCUT2D eigenvalue weighted by atomic mass is 19.4. The highest BCUT2D eigenvalue weighted by molar-refractivity contribution is 5.94. The van der Waals surface area contributed by atoms with Crippen LogP contribution in [0.25, 0.3) is 11.4 Å². The number of rotatable bonds is 6. The fourth-order valence-corrected chi connectivity index (χ4v) is 2.27. The van der Waals surface area contributed by atoms with Crippen LogP contribution >= 0.6 is 0 Å². The fraction of sp³-hybridized carbons (Fsp3) is 0.250. The molecule has 1 aromatic carbocycles. The van der Waals surface area contributed by atoms with E-state index in [9.17, 15) is 22.4 Å². The molecular weight excluding hydrogens is 370 g/mol. The van der Waals surface area contributed by atoms with Crippen LogP contribution in [0, 0.1) is 5.82 Å². The maximum Gasteiger partial charge on any atom is 0.471 e. The van der Waals surface area contributed by atoms with E-state index >= 15 is 0 Å². The van der Waals surface area contributed by atoms with Gasteiger partial charge in [-0.1, -0.05) is 11.2 Å². The highest BCUT2D eigenvalue weighted by Crippen LogP contribution is 2.29. The second kappa shape index (κ2) is 7.56. The van der Waals surface area contributed by atoms with Gasteiger partial charge >= 0.3 is 12.1 Å². The monoisotopic (exact) mass is 383 g/mol. The molecule has 3 rings (SSSR count). The molecule has 0 fully saturated rings. The number of hydrogen-bond donors (Lipinski definition) is 1. The van der Waals surface area contributed by atoms with Gasteiger partial charge < -0.3 is 14.4 Å². The molecule has 0 unspecified atom stereocenters. The van der Waals surface area contributed by atoms with Crippen molar-refractivity contribution in [2.45, 2.75) is 19.1 Å². The van der Waals surface area contributed by atoms with Crippen LogP contribution in [0.2, 0.25) is 0 Å². The van der Waals surface area contributed by atoms with Gasteiger partial charge in [-0.3, -0.25) is 4.79 Å². The van der Waals surface area contributed by atoms with Crippen LogP contribution in [0.1, 0.15) is 22.7 Å². The summed E-state index contributed by atoms with van der Waals surface area (Å²) >= 11 is 0. The molecule has 3 aromatic rings. The number of carbonyl (C=O) groups excluding carboxylic acids is 1. The lowest BCUT2D eigenvalue weighted by atomic mass is 10.1. The van der Waals surface area contributed by atoms with Crippen LogP contribution < -0.4 is 5.32 Å². The number of halogens is 4. The molecule has 0 radical (unpaired) electrons. The molecule has 0 bridgehead atoms. The first-order valence-corrected chi connectivity index (χ1v) is 7.79. The Morgan fingerprint density at radius 1 is 1.30 bits per heavy atom. The Morgan fingerprint density at radius 3 is 2.74 bits per heavy atom. The van der Waals surface area contributed by atoms with Gasteiger partial charge in [-0.25, -0.2) is 9.37 Å². The Balaban J connectivity index is 1.62. The maximum atomic E-state index is 14.2. The number of benzene rings is 1. The van der Waals surface area contributed by atoms with Gasteiger partial charge in [0, 0.05) is 31.0 Å². The molecule has 2 heterocycles. The summed E-state index contributed by atoms with van der Waals surface area (Å²) in [5.41, 5.74) is -0.274. The smallest absolute Gasteiger partial charge is 0.352 e. The molecule has 0 aliphatic heterocycles. The number of alkyl halides is 3. The molecule has 0 aliphatic carbocycles. The molecule has 0 saturated carbocycles. The van der Waals surface area contributed by atoms with Crippen LogP contribution in [0.15, 0.2) is 41.4 Å². The predicted octanol–water partition coefficient (Wildman–Crippen LogP) is 2.91. The van der Waals surface area contributed by atoms with E-state index < -0.39 is 29.6 Å². The van der Waals surface area contributed by atoms with E-state index in [2.05, 4.69) is 25.0 Å². The molecular formula is C16H13F4N5O2. The molecule has 1 N–H and O–H groups in total. The SMILES string of the molecule is O=C(NCCCn1ccnc1)c1ccc(-c2noc(C(F)(F)F)n2)cc1F. The summed E-state index contributed by atoms with van der Waals surface area (Å²) < 4.78 is 57.5. The third-order valence-electron chi connectivity index (χ3n) is 3.58. The molecule has 0 atom stereocenters. The van der Waals surface area contributed by atoms with Crippen molar-refractivity contribution in [3.8, 4) is 11.4 Å². The minimum absolute atomic E-state index is 0.0385. The van der Waals surface area contributed by atoms with E-state index in [4.69, 9.17) is 0 Å². The molecule has 0 saturated heterocycles. The predicted molar refractivity (Wildman–Crippen MR) is 83.9 cm³/mol. The minimum Gasteiger partial charge on any atom is -0.352 e. The van der Waals surface area contributed by atoms with Crippen molar-refractivity contribution < 1.29 is 26.9 Å². The first-order valence-electron chi connectivity index (χ1n) is 7.79. The summed E-state index contributed by atoms with van der Waals surface area (Å²) in [6, 6.07) is 3.28. The van der Waals surface area contributed by atoms with Crippen LogP contribution in [0.4, 0.5) is 17.6 Å². The van der Waals surface area contributed by atoms with E-state index in [-0.39, 0.29) is 11.1 Å². The quantitative estimate of drug-likeness (QED) is 0.523. The summed E-state index contributed by atoms with van der Waals surface area (Å²) in [5, 5.41) is 5.75. The summed E-state index contributed by atoms with van der Waals surface area (Å²) in [5.74, 6) is -3.49. The van der Waals surface area contributed by atoms with E-state index in [1.54, 1.807) is 18.7 Å². The van der Waals surface area contributed by atoms with Gasteiger partial charge in [0.25, 0.3) is 5.91 Å². The first kappa shape index (κ1) is 18.5. The van der Waals surface area contributed by atoms with Crippen molar-refractivity contribution in [2.24, 2.45) is 0 Å². The normalized spacial score (nSPS) is 11.6. The molecule has 1 amide bonds. The summed E-state index contributed by atoms with van der Waals surface area (Å²) in [7, 11) is 0. The number of carbonyl (C=O) groups is 1. The van der Waals surface area contributed by atoms with Crippen molar-refractivity contribution in [3.63, 3.8) is 0 Å². The Labute approximate surface area is 150 Å². The second-order valence-corrected chi connectivity index (χ2v) is 5.53. The zero-order chi connectivity index (χ0) is 19.4. The number of aromatic nitrogens is 4. The van der Waals surface area contributed by atoms with Crippen molar-refractivity contribution in [1.82, 2.24) is 25.0 Å². The van der Waals surface area contributed by atoms with Crippen LogP contribution in [0.3, 0.4) is 0 Å². The number of aryl methyl sites for hydroxylation is 1. The topological polar surface area (TPSA) is 85.8 Å². The molecule has 27 heavy (non-hydrogen) atoms. The highest BCUT2D eigenvalue weighted by Gasteiger charge is 2.38. The van der Waals surface area contributed by atoms with E-state index in [0.717, 1.165) is 12.1 Å². The first-order chi connectivity index (χ1) is 12.8. The number of amides is 1. The Morgan fingerprint density at radius 2 is 2.11 bits per heavy atom. The Hall–Kier alpha value is -3.24. The van der Waals surface area contributed by atoms with E-state index in [1.165, 1.54) is 6.07 Å². The van der Waals surface area contributed by atoms with Gasteiger partial charge in [0.1, 0.15) is 5.82 Å². The van der Waals surface area contributed by atoms with Crippen molar-refractivity contribution in [2.75, 3.05) is 6.54 Å². The molecule has 142 valence electrons. The largest absolute Gasteiger partial charge is 0.471 e. The van der Waals surface area contributed by atoms with Crippen LogP contribution in [0.5, 0.6) is 0 Å². The van der Waals surface area contributed by atoms with Crippen LogP contribution in [-0.2, 0) is 12.7 Å². The average molecular weight is 383 g/mol. The lowest BCUT2D eigenvalue weighted by molar-refractivity contribution is -0.159. The third kappa shape index (κ3) is 4.49. The van der Waals surface area contributed by atoms with E-state index in [1.807, 2.05) is 4.57 Å². The van der Waals surface area contributed by atoms with Gasteiger partial charge in [0.05, 0.1) is 11.9 Å². The average Bonchev–Trinajstić information content (AvgIpc) is 3.29. The Bertz CT molecular complexity index is 921. The molecule has 11 heteroatoms. The minimum atomic E-state index is -4.79. The van der Waals surface area contributed by atoms with Gasteiger partial charge in [-0.15, -0.1) is 0 Å². The number of nitrogens with zero attached hydrogens (tertiary/aromatic N) is 4.